The molecule has 0 aliphatic rings. The van der Waals surface area contributed by atoms with Crippen molar-refractivity contribution in [1.82, 2.24) is 9.71 Å². The second-order valence-corrected chi connectivity index (χ2v) is 9.40. The van der Waals surface area contributed by atoms with Gasteiger partial charge in [0.2, 0.25) is 10.0 Å². The highest BCUT2D eigenvalue weighted by molar-refractivity contribution is 7.89. The first kappa shape index (κ1) is 21.1. The predicted molar refractivity (Wildman–Crippen MR) is 122 cm³/mol. The Morgan fingerprint density at radius 3 is 2.32 bits per heavy atom. The molecule has 0 amide bonds. The SMILES string of the molecule is CN(C)c1ccc([C@H](CNS(=O)(=O)c2ccc(F)cc2)c2c[nH]c3ccccc23)cc1. The predicted octanol–water partition coefficient (Wildman–Crippen LogP) is 4.48. The molecule has 4 aromatic rings. The molecule has 0 aliphatic heterocycles. The third-order valence-electron chi connectivity index (χ3n) is 5.41. The number of aromatic amines is 1. The van der Waals surface area contributed by atoms with Crippen molar-refractivity contribution in [3.05, 3.63) is 95.9 Å². The number of benzene rings is 3. The van der Waals surface area contributed by atoms with Crippen molar-refractivity contribution < 1.29 is 12.8 Å². The summed E-state index contributed by atoms with van der Waals surface area (Å²) in [6.45, 7) is 0.170. The van der Waals surface area contributed by atoms with Crippen molar-refractivity contribution in [3.8, 4) is 0 Å². The smallest absolute Gasteiger partial charge is 0.240 e. The van der Waals surface area contributed by atoms with E-state index in [-0.39, 0.29) is 17.4 Å². The number of anilines is 1. The molecule has 3 aromatic carbocycles. The van der Waals surface area contributed by atoms with E-state index < -0.39 is 15.8 Å². The highest BCUT2D eigenvalue weighted by Crippen LogP contribution is 2.31. The van der Waals surface area contributed by atoms with Crippen LogP contribution in [0.25, 0.3) is 10.9 Å². The number of nitrogens with one attached hydrogen (secondary N) is 2. The monoisotopic (exact) mass is 437 g/mol. The minimum Gasteiger partial charge on any atom is -0.378 e. The van der Waals surface area contributed by atoms with Crippen LogP contribution < -0.4 is 9.62 Å². The first-order chi connectivity index (χ1) is 14.8. The van der Waals surface area contributed by atoms with Gasteiger partial charge in [-0.2, -0.15) is 0 Å². The van der Waals surface area contributed by atoms with Crippen LogP contribution in [0.15, 0.2) is 83.9 Å². The quantitative estimate of drug-likeness (QED) is 0.448. The molecule has 0 bridgehead atoms. The summed E-state index contributed by atoms with van der Waals surface area (Å²) in [6, 6.07) is 20.9. The Bertz CT molecular complexity index is 1280. The van der Waals surface area contributed by atoms with Gasteiger partial charge in [-0.25, -0.2) is 17.5 Å². The number of rotatable bonds is 7. The first-order valence-corrected chi connectivity index (χ1v) is 11.4. The number of H-pyrrole nitrogens is 1. The lowest BCUT2D eigenvalue weighted by molar-refractivity contribution is 0.577. The van der Waals surface area contributed by atoms with Gasteiger partial charge in [0.25, 0.3) is 0 Å². The van der Waals surface area contributed by atoms with Crippen LogP contribution >= 0.6 is 0 Å². The Hall–Kier alpha value is -3.16. The third kappa shape index (κ3) is 4.47. The summed E-state index contributed by atoms with van der Waals surface area (Å²) < 4.78 is 41.5. The minimum absolute atomic E-state index is 0.0366. The topological polar surface area (TPSA) is 65.2 Å². The van der Waals surface area contributed by atoms with Crippen LogP contribution in [0.1, 0.15) is 17.0 Å². The molecule has 4 rings (SSSR count). The number of aromatic nitrogens is 1. The van der Waals surface area contributed by atoms with Crippen molar-refractivity contribution in [2.75, 3.05) is 25.5 Å². The lowest BCUT2D eigenvalue weighted by atomic mass is 9.91. The van der Waals surface area contributed by atoms with Gasteiger partial charge in [-0.3, -0.25) is 0 Å². The average molecular weight is 438 g/mol. The van der Waals surface area contributed by atoms with E-state index in [2.05, 4.69) is 9.71 Å². The highest BCUT2D eigenvalue weighted by atomic mass is 32.2. The van der Waals surface area contributed by atoms with Crippen molar-refractivity contribution >= 4 is 26.6 Å². The summed E-state index contributed by atoms with van der Waals surface area (Å²) in [5, 5.41) is 1.05. The van der Waals surface area contributed by atoms with Gasteiger partial charge < -0.3 is 9.88 Å². The normalized spacial score (nSPS) is 12.7. The number of hydrogen-bond acceptors (Lipinski definition) is 3. The number of para-hydroxylation sites is 1. The van der Waals surface area contributed by atoms with Crippen LogP contribution in [-0.4, -0.2) is 34.0 Å². The summed E-state index contributed by atoms with van der Waals surface area (Å²) in [5.41, 5.74) is 4.06. The number of sulfonamides is 1. The summed E-state index contributed by atoms with van der Waals surface area (Å²) in [5.74, 6) is -0.681. The second kappa shape index (κ2) is 8.53. The molecule has 0 spiro atoms. The van der Waals surface area contributed by atoms with Crippen LogP contribution in [0.2, 0.25) is 0 Å². The molecule has 7 heteroatoms. The lowest BCUT2D eigenvalue weighted by Crippen LogP contribution is -2.29. The molecular formula is C24H24FN3O2S. The Balaban J connectivity index is 1.69. The first-order valence-electron chi connectivity index (χ1n) is 9.94. The van der Waals surface area contributed by atoms with Crippen LogP contribution in [0, 0.1) is 5.82 Å². The number of nitrogens with zero attached hydrogens (tertiary/aromatic N) is 1. The molecule has 0 unspecified atom stereocenters. The summed E-state index contributed by atoms with van der Waals surface area (Å²) in [7, 11) is 0.169. The summed E-state index contributed by atoms with van der Waals surface area (Å²) in [4.78, 5) is 5.33. The van der Waals surface area contributed by atoms with E-state index >= 15 is 0 Å². The molecule has 0 saturated heterocycles. The maximum atomic E-state index is 13.2. The largest absolute Gasteiger partial charge is 0.378 e. The third-order valence-corrected chi connectivity index (χ3v) is 6.85. The standard InChI is InChI=1S/C24H24FN3O2S/c1-28(2)19-11-7-17(8-12-19)22(23-15-26-24-6-4-3-5-21(23)24)16-27-31(29,30)20-13-9-18(25)10-14-20/h3-15,22,26-27H,16H2,1-2H3/t22-/m0/s1. The van der Waals surface area contributed by atoms with Crippen LogP contribution in [0.4, 0.5) is 10.1 Å². The van der Waals surface area contributed by atoms with Gasteiger partial charge in [-0.15, -0.1) is 0 Å². The van der Waals surface area contributed by atoms with Gasteiger partial charge in [0.1, 0.15) is 5.82 Å². The molecule has 31 heavy (non-hydrogen) atoms. The zero-order valence-electron chi connectivity index (χ0n) is 17.3. The van der Waals surface area contributed by atoms with E-state index in [9.17, 15) is 12.8 Å². The van der Waals surface area contributed by atoms with E-state index in [1.807, 2.05) is 73.7 Å². The van der Waals surface area contributed by atoms with Crippen molar-refractivity contribution in [2.24, 2.45) is 0 Å². The Kier molecular flexibility index (Phi) is 5.80. The average Bonchev–Trinajstić information content (AvgIpc) is 3.18. The maximum Gasteiger partial charge on any atom is 0.240 e. The molecule has 1 heterocycles. The maximum absolute atomic E-state index is 13.2. The van der Waals surface area contributed by atoms with Gasteiger partial charge in [-0.1, -0.05) is 30.3 Å². The molecule has 2 N–H and O–H groups in total. The van der Waals surface area contributed by atoms with Crippen LogP contribution in [-0.2, 0) is 10.0 Å². The molecule has 0 radical (unpaired) electrons. The van der Waals surface area contributed by atoms with Gasteiger partial charge in [0.05, 0.1) is 4.90 Å². The molecule has 0 fully saturated rings. The fourth-order valence-corrected chi connectivity index (χ4v) is 4.73. The highest BCUT2D eigenvalue weighted by Gasteiger charge is 2.22. The Morgan fingerprint density at radius 1 is 0.968 bits per heavy atom. The summed E-state index contributed by atoms with van der Waals surface area (Å²) >= 11 is 0. The van der Waals surface area contributed by atoms with E-state index in [1.165, 1.54) is 12.1 Å². The molecule has 0 saturated carbocycles. The van der Waals surface area contributed by atoms with Gasteiger partial charge in [0.15, 0.2) is 0 Å². The molecule has 1 atom stereocenters. The van der Waals surface area contributed by atoms with E-state index in [0.29, 0.717) is 0 Å². The lowest BCUT2D eigenvalue weighted by Gasteiger charge is -2.20. The number of hydrogen-bond donors (Lipinski definition) is 2. The van der Waals surface area contributed by atoms with Crippen molar-refractivity contribution in [3.63, 3.8) is 0 Å². The molecule has 0 aliphatic carbocycles. The van der Waals surface area contributed by atoms with E-state index in [1.54, 1.807) is 0 Å². The Morgan fingerprint density at radius 2 is 1.65 bits per heavy atom. The minimum atomic E-state index is -3.78. The Labute approximate surface area is 181 Å². The van der Waals surface area contributed by atoms with Gasteiger partial charge >= 0.3 is 0 Å². The van der Waals surface area contributed by atoms with E-state index in [4.69, 9.17) is 0 Å². The number of fused-ring (bicyclic) bond motifs is 1. The molecule has 160 valence electrons. The van der Waals surface area contributed by atoms with Gasteiger partial charge in [-0.05, 0) is 53.6 Å². The molecule has 5 nitrogen and oxygen atoms in total. The zero-order valence-corrected chi connectivity index (χ0v) is 18.2. The van der Waals surface area contributed by atoms with Crippen molar-refractivity contribution in [2.45, 2.75) is 10.8 Å². The summed E-state index contributed by atoms with van der Waals surface area (Å²) in [6.07, 6.45) is 1.93. The van der Waals surface area contributed by atoms with Gasteiger partial charge in [0, 0.05) is 49.3 Å². The van der Waals surface area contributed by atoms with Crippen LogP contribution in [0.5, 0.6) is 0 Å². The van der Waals surface area contributed by atoms with E-state index in [0.717, 1.165) is 39.8 Å². The molecule has 1 aromatic heterocycles. The number of halogens is 1. The second-order valence-electron chi connectivity index (χ2n) is 7.63. The molecular weight excluding hydrogens is 413 g/mol. The van der Waals surface area contributed by atoms with Crippen LogP contribution in [0.3, 0.4) is 0 Å². The fraction of sp³-hybridized carbons (Fsp3) is 0.167. The fourth-order valence-electron chi connectivity index (χ4n) is 3.68. The zero-order chi connectivity index (χ0) is 22.0. The van der Waals surface area contributed by atoms with Crippen molar-refractivity contribution in [1.29, 1.82) is 0 Å².